The maximum absolute atomic E-state index is 13.4. The highest BCUT2D eigenvalue weighted by Crippen LogP contribution is 2.20. The topological polar surface area (TPSA) is 41.1 Å². The third kappa shape index (κ3) is 4.61. The Bertz CT molecular complexity index is 649. The first-order chi connectivity index (χ1) is 10.1. The van der Waals surface area contributed by atoms with Gasteiger partial charge in [0.1, 0.15) is 11.6 Å². The lowest BCUT2D eigenvalue weighted by atomic mass is 10.2. The summed E-state index contributed by atoms with van der Waals surface area (Å²) in [5.41, 5.74) is 0.974. The fourth-order valence-electron chi connectivity index (χ4n) is 1.73. The van der Waals surface area contributed by atoms with Gasteiger partial charge in [0.25, 0.3) is 0 Å². The fourth-order valence-corrected chi connectivity index (χ4v) is 2.12. The number of halogens is 3. The van der Waals surface area contributed by atoms with Gasteiger partial charge in [-0.1, -0.05) is 18.2 Å². The summed E-state index contributed by atoms with van der Waals surface area (Å²) in [6, 6.07) is 10.6. The van der Waals surface area contributed by atoms with Gasteiger partial charge in [0.15, 0.2) is 0 Å². The van der Waals surface area contributed by atoms with Crippen LogP contribution in [-0.4, -0.2) is 12.5 Å². The van der Waals surface area contributed by atoms with Gasteiger partial charge in [-0.25, -0.2) is 8.78 Å². The Balaban J connectivity index is 1.83. The van der Waals surface area contributed by atoms with Gasteiger partial charge in [-0.2, -0.15) is 0 Å². The van der Waals surface area contributed by atoms with E-state index >= 15 is 0 Å². The van der Waals surface area contributed by atoms with Crippen molar-refractivity contribution < 1.29 is 13.6 Å². The average Bonchev–Trinajstić information content (AvgIpc) is 2.44. The van der Waals surface area contributed by atoms with Gasteiger partial charge in [0, 0.05) is 22.6 Å². The van der Waals surface area contributed by atoms with Crippen LogP contribution in [-0.2, 0) is 11.3 Å². The highest BCUT2D eigenvalue weighted by Gasteiger charge is 2.06. The van der Waals surface area contributed by atoms with E-state index in [2.05, 4.69) is 26.6 Å². The third-order valence-corrected chi connectivity index (χ3v) is 3.46. The minimum absolute atomic E-state index is 0.0259. The Morgan fingerprint density at radius 1 is 1.14 bits per heavy atom. The molecule has 110 valence electrons. The molecule has 2 aromatic carbocycles. The predicted molar refractivity (Wildman–Crippen MR) is 80.8 cm³/mol. The zero-order chi connectivity index (χ0) is 15.2. The first-order valence-electron chi connectivity index (χ1n) is 6.25. The monoisotopic (exact) mass is 354 g/mol. The fraction of sp³-hybridized carbons (Fsp3) is 0.133. The van der Waals surface area contributed by atoms with E-state index in [4.69, 9.17) is 0 Å². The third-order valence-electron chi connectivity index (χ3n) is 2.76. The summed E-state index contributed by atoms with van der Waals surface area (Å²) >= 11 is 3.33. The molecule has 0 fully saturated rings. The molecule has 0 saturated heterocycles. The maximum atomic E-state index is 13.4. The Morgan fingerprint density at radius 2 is 1.90 bits per heavy atom. The second-order valence-corrected chi connectivity index (χ2v) is 5.22. The second kappa shape index (κ2) is 7.28. The Hall–Kier alpha value is -1.79. The van der Waals surface area contributed by atoms with E-state index < -0.39 is 11.6 Å². The predicted octanol–water partition coefficient (Wildman–Crippen LogP) is 3.46. The van der Waals surface area contributed by atoms with Crippen LogP contribution in [0.25, 0.3) is 0 Å². The summed E-state index contributed by atoms with van der Waals surface area (Å²) in [7, 11) is 0. The molecule has 2 aromatic rings. The van der Waals surface area contributed by atoms with Crippen LogP contribution in [0.2, 0.25) is 0 Å². The SMILES string of the molecule is O=C(CNCc1ccc(F)cc1F)Nc1ccccc1Br. The highest BCUT2D eigenvalue weighted by molar-refractivity contribution is 9.10. The molecular weight excluding hydrogens is 342 g/mol. The number of anilines is 1. The lowest BCUT2D eigenvalue weighted by molar-refractivity contribution is -0.115. The second-order valence-electron chi connectivity index (χ2n) is 4.37. The van der Waals surface area contributed by atoms with Crippen LogP contribution in [0.3, 0.4) is 0 Å². The number of carbonyl (C=O) groups excluding carboxylic acids is 1. The van der Waals surface area contributed by atoms with Crippen molar-refractivity contribution in [1.29, 1.82) is 0 Å². The molecule has 0 spiro atoms. The number of nitrogens with one attached hydrogen (secondary N) is 2. The summed E-state index contributed by atoms with van der Waals surface area (Å²) in [5, 5.41) is 5.53. The van der Waals surface area contributed by atoms with Crippen molar-refractivity contribution in [3.8, 4) is 0 Å². The van der Waals surface area contributed by atoms with E-state index in [1.807, 2.05) is 18.2 Å². The molecule has 2 rings (SSSR count). The first kappa shape index (κ1) is 15.6. The standard InChI is InChI=1S/C15H13BrF2N2O/c16-12-3-1-2-4-14(12)20-15(21)9-19-8-10-5-6-11(17)7-13(10)18/h1-7,19H,8-9H2,(H,20,21). The van der Waals surface area contributed by atoms with Gasteiger partial charge in [0.05, 0.1) is 12.2 Å². The van der Waals surface area contributed by atoms with Gasteiger partial charge in [-0.3, -0.25) is 4.79 Å². The number of amides is 1. The quantitative estimate of drug-likeness (QED) is 0.863. The number of hydrogen-bond acceptors (Lipinski definition) is 2. The number of para-hydroxylation sites is 1. The molecule has 0 aliphatic rings. The summed E-state index contributed by atoms with van der Waals surface area (Å²) in [6.45, 7) is 0.174. The smallest absolute Gasteiger partial charge is 0.238 e. The van der Waals surface area contributed by atoms with E-state index in [1.165, 1.54) is 12.1 Å². The molecule has 0 aliphatic heterocycles. The molecule has 3 nitrogen and oxygen atoms in total. The molecular formula is C15H13BrF2N2O. The van der Waals surface area contributed by atoms with Gasteiger partial charge in [-0.15, -0.1) is 0 Å². The van der Waals surface area contributed by atoms with Crippen molar-refractivity contribution in [2.24, 2.45) is 0 Å². The Labute approximate surface area is 129 Å². The number of rotatable bonds is 5. The molecule has 0 atom stereocenters. The summed E-state index contributed by atoms with van der Waals surface area (Å²) < 4.78 is 26.9. The molecule has 6 heteroatoms. The van der Waals surface area contributed by atoms with Crippen LogP contribution in [0.5, 0.6) is 0 Å². The summed E-state index contributed by atoms with van der Waals surface area (Å²) in [5.74, 6) is -1.50. The minimum atomic E-state index is -0.631. The normalized spacial score (nSPS) is 10.4. The molecule has 21 heavy (non-hydrogen) atoms. The van der Waals surface area contributed by atoms with Crippen LogP contribution in [0.15, 0.2) is 46.9 Å². The number of hydrogen-bond donors (Lipinski definition) is 2. The van der Waals surface area contributed by atoms with Crippen molar-refractivity contribution in [2.45, 2.75) is 6.54 Å². The molecule has 0 bridgehead atoms. The van der Waals surface area contributed by atoms with Crippen molar-refractivity contribution in [1.82, 2.24) is 5.32 Å². The van der Waals surface area contributed by atoms with Gasteiger partial charge in [-0.05, 0) is 34.1 Å². The van der Waals surface area contributed by atoms with E-state index in [0.29, 0.717) is 11.3 Å². The van der Waals surface area contributed by atoms with Crippen LogP contribution in [0.1, 0.15) is 5.56 Å². The zero-order valence-electron chi connectivity index (χ0n) is 11.0. The van der Waals surface area contributed by atoms with Crippen LogP contribution in [0, 0.1) is 11.6 Å². The largest absolute Gasteiger partial charge is 0.324 e. The molecule has 0 radical (unpaired) electrons. The number of benzene rings is 2. The van der Waals surface area contributed by atoms with Crippen molar-refractivity contribution >= 4 is 27.5 Å². The minimum Gasteiger partial charge on any atom is -0.324 e. The van der Waals surface area contributed by atoms with Crippen molar-refractivity contribution in [2.75, 3.05) is 11.9 Å². The van der Waals surface area contributed by atoms with E-state index in [1.54, 1.807) is 6.07 Å². The molecule has 2 N–H and O–H groups in total. The van der Waals surface area contributed by atoms with E-state index in [0.717, 1.165) is 10.5 Å². The maximum Gasteiger partial charge on any atom is 0.238 e. The lowest BCUT2D eigenvalue weighted by Gasteiger charge is -2.08. The Kier molecular flexibility index (Phi) is 5.41. The molecule has 1 amide bonds. The highest BCUT2D eigenvalue weighted by atomic mass is 79.9. The molecule has 0 aliphatic carbocycles. The van der Waals surface area contributed by atoms with Crippen LogP contribution in [0.4, 0.5) is 14.5 Å². The van der Waals surface area contributed by atoms with Gasteiger partial charge in [0.2, 0.25) is 5.91 Å². The summed E-state index contributed by atoms with van der Waals surface area (Å²) in [6.07, 6.45) is 0. The number of carbonyl (C=O) groups is 1. The zero-order valence-corrected chi connectivity index (χ0v) is 12.6. The van der Waals surface area contributed by atoms with Gasteiger partial charge >= 0.3 is 0 Å². The Morgan fingerprint density at radius 3 is 2.62 bits per heavy atom. The van der Waals surface area contributed by atoms with Crippen molar-refractivity contribution in [3.05, 3.63) is 64.1 Å². The first-order valence-corrected chi connectivity index (χ1v) is 7.04. The summed E-state index contributed by atoms with van der Waals surface area (Å²) in [4.78, 5) is 11.7. The molecule has 0 aromatic heterocycles. The molecule has 0 unspecified atom stereocenters. The van der Waals surface area contributed by atoms with Crippen LogP contribution >= 0.6 is 15.9 Å². The average molecular weight is 355 g/mol. The van der Waals surface area contributed by atoms with Crippen LogP contribution < -0.4 is 10.6 Å². The lowest BCUT2D eigenvalue weighted by Crippen LogP contribution is -2.28. The van der Waals surface area contributed by atoms with Crippen molar-refractivity contribution in [3.63, 3.8) is 0 Å². The van der Waals surface area contributed by atoms with E-state index in [-0.39, 0.29) is 19.0 Å². The molecule has 0 heterocycles. The molecule has 0 saturated carbocycles. The van der Waals surface area contributed by atoms with E-state index in [9.17, 15) is 13.6 Å². The van der Waals surface area contributed by atoms with Gasteiger partial charge < -0.3 is 10.6 Å².